The van der Waals surface area contributed by atoms with Gasteiger partial charge >= 0.3 is 6.18 Å². The number of imidazole rings is 1. The second-order valence-corrected chi connectivity index (χ2v) is 11.7. The van der Waals surface area contributed by atoms with Crippen molar-refractivity contribution >= 4 is 39.9 Å². The minimum Gasteiger partial charge on any atom is -0.340 e. The Hall–Kier alpha value is -3.76. The number of aromatic nitrogens is 3. The number of amides is 1. The number of thiazole rings is 1. The van der Waals surface area contributed by atoms with Crippen LogP contribution in [0.3, 0.4) is 0 Å². The number of halogens is 5. The van der Waals surface area contributed by atoms with Crippen molar-refractivity contribution in [1.29, 1.82) is 0 Å². The minimum atomic E-state index is -4.62. The molecule has 11 heteroatoms. The van der Waals surface area contributed by atoms with Crippen molar-refractivity contribution in [3.63, 3.8) is 0 Å². The lowest BCUT2D eigenvalue weighted by Gasteiger charge is -2.33. The van der Waals surface area contributed by atoms with E-state index in [0.29, 0.717) is 40.7 Å². The Morgan fingerprint density at radius 3 is 2.41 bits per heavy atom. The second-order valence-electron chi connectivity index (χ2n) is 10.3. The fourth-order valence-electron chi connectivity index (χ4n) is 5.25. The molecule has 5 aromatic rings. The summed E-state index contributed by atoms with van der Waals surface area (Å²) in [6.45, 7) is 4.22. The molecule has 3 aromatic carbocycles. The van der Waals surface area contributed by atoms with Crippen molar-refractivity contribution < 1.29 is 22.4 Å². The van der Waals surface area contributed by atoms with Gasteiger partial charge in [-0.3, -0.25) is 4.79 Å². The minimum absolute atomic E-state index is 0.180. The summed E-state index contributed by atoms with van der Waals surface area (Å²) < 4.78 is 54.1. The summed E-state index contributed by atoms with van der Waals surface area (Å²) >= 11 is 7.27. The molecule has 41 heavy (non-hydrogen) atoms. The monoisotopic (exact) mass is 598 g/mol. The van der Waals surface area contributed by atoms with E-state index in [0.717, 1.165) is 17.2 Å². The van der Waals surface area contributed by atoms with Gasteiger partial charge in [0, 0.05) is 12.1 Å². The lowest BCUT2D eigenvalue weighted by Crippen LogP contribution is -2.44. The van der Waals surface area contributed by atoms with E-state index in [-0.39, 0.29) is 22.6 Å². The van der Waals surface area contributed by atoms with Crippen LogP contribution in [-0.4, -0.2) is 32.3 Å². The Kier molecular flexibility index (Phi) is 6.66. The first-order valence-electron chi connectivity index (χ1n) is 12.9. The van der Waals surface area contributed by atoms with E-state index in [1.165, 1.54) is 29.5 Å². The zero-order valence-electron chi connectivity index (χ0n) is 21.9. The number of likely N-dealkylation sites (tertiary alicyclic amines) is 1. The molecular formula is C30H23ClF4N4OS. The van der Waals surface area contributed by atoms with Crippen molar-refractivity contribution in [2.45, 2.75) is 38.4 Å². The van der Waals surface area contributed by atoms with E-state index >= 15 is 0 Å². The molecule has 0 radical (unpaired) electrons. The molecule has 1 fully saturated rings. The molecule has 1 amide bonds. The predicted molar refractivity (Wildman–Crippen MR) is 151 cm³/mol. The SMILES string of the molecule is Cc1ccc(-c2nc(C(=O)N3CCC[C@@]3(C)c3nc4cc(Cl)c(C(F)(F)F)cc4[nH]3)c(-c3ccc(F)cc3)s2)cc1. The Labute approximate surface area is 241 Å². The number of benzene rings is 3. The summed E-state index contributed by atoms with van der Waals surface area (Å²) in [7, 11) is 0. The van der Waals surface area contributed by atoms with Gasteiger partial charge in [-0.05, 0) is 56.5 Å². The van der Waals surface area contributed by atoms with Crippen LogP contribution in [0, 0.1) is 12.7 Å². The van der Waals surface area contributed by atoms with Gasteiger partial charge in [-0.2, -0.15) is 13.2 Å². The third kappa shape index (κ3) is 4.89. The van der Waals surface area contributed by atoms with Crippen LogP contribution in [0.4, 0.5) is 17.6 Å². The molecule has 3 heterocycles. The number of rotatable bonds is 4. The summed E-state index contributed by atoms with van der Waals surface area (Å²) in [6, 6.07) is 15.8. The molecule has 1 saturated heterocycles. The number of nitrogens with zero attached hydrogens (tertiary/aromatic N) is 3. The van der Waals surface area contributed by atoms with E-state index in [1.807, 2.05) is 38.1 Å². The topological polar surface area (TPSA) is 61.9 Å². The number of carbonyl (C=O) groups excluding carboxylic acids is 1. The molecule has 0 bridgehead atoms. The van der Waals surface area contributed by atoms with E-state index in [9.17, 15) is 22.4 Å². The van der Waals surface area contributed by atoms with Crippen LogP contribution in [0.15, 0.2) is 60.7 Å². The van der Waals surface area contributed by atoms with Gasteiger partial charge in [0.05, 0.1) is 32.0 Å². The first-order chi connectivity index (χ1) is 19.4. The van der Waals surface area contributed by atoms with Gasteiger partial charge in [0.15, 0.2) is 0 Å². The zero-order valence-corrected chi connectivity index (χ0v) is 23.5. The van der Waals surface area contributed by atoms with E-state index in [1.54, 1.807) is 17.0 Å². The molecule has 0 saturated carbocycles. The highest BCUT2D eigenvalue weighted by Crippen LogP contribution is 2.43. The van der Waals surface area contributed by atoms with Crippen molar-refractivity contribution in [3.8, 4) is 21.0 Å². The number of nitrogens with one attached hydrogen (secondary N) is 1. The maximum atomic E-state index is 14.2. The van der Waals surface area contributed by atoms with Crippen LogP contribution in [0.5, 0.6) is 0 Å². The third-order valence-electron chi connectivity index (χ3n) is 7.51. The number of aryl methyl sites for hydroxylation is 1. The van der Waals surface area contributed by atoms with Crippen LogP contribution < -0.4 is 0 Å². The van der Waals surface area contributed by atoms with E-state index in [4.69, 9.17) is 16.6 Å². The van der Waals surface area contributed by atoms with Gasteiger partial charge < -0.3 is 9.88 Å². The fourth-order valence-corrected chi connectivity index (χ4v) is 6.58. The number of H-pyrrole nitrogens is 1. The molecule has 1 aliphatic heterocycles. The van der Waals surface area contributed by atoms with Gasteiger partial charge in [-0.25, -0.2) is 14.4 Å². The van der Waals surface area contributed by atoms with Crippen molar-refractivity contribution in [2.24, 2.45) is 0 Å². The van der Waals surface area contributed by atoms with Crippen LogP contribution in [-0.2, 0) is 11.7 Å². The normalized spacial score (nSPS) is 17.5. The van der Waals surface area contributed by atoms with Gasteiger partial charge in [-0.1, -0.05) is 53.6 Å². The second kappa shape index (κ2) is 9.95. The zero-order chi connectivity index (χ0) is 29.1. The Morgan fingerprint density at radius 1 is 1.05 bits per heavy atom. The quantitative estimate of drug-likeness (QED) is 0.211. The highest BCUT2D eigenvalue weighted by atomic mass is 35.5. The van der Waals surface area contributed by atoms with Crippen LogP contribution in [0.1, 0.15) is 47.2 Å². The molecule has 1 N–H and O–H groups in total. The summed E-state index contributed by atoms with van der Waals surface area (Å²) in [4.78, 5) is 28.9. The average Bonchev–Trinajstić information content (AvgIpc) is 3.65. The smallest absolute Gasteiger partial charge is 0.340 e. The Bertz CT molecular complexity index is 1780. The van der Waals surface area contributed by atoms with Crippen LogP contribution in [0.25, 0.3) is 32.0 Å². The predicted octanol–water partition coefficient (Wildman–Crippen LogP) is 8.62. The summed E-state index contributed by atoms with van der Waals surface area (Å²) in [5.74, 6) is -0.366. The first-order valence-corrected chi connectivity index (χ1v) is 14.1. The van der Waals surface area contributed by atoms with Gasteiger partial charge in [0.2, 0.25) is 0 Å². The molecule has 1 atom stereocenters. The number of fused-ring (bicyclic) bond motifs is 1. The molecule has 0 unspecified atom stereocenters. The van der Waals surface area contributed by atoms with Gasteiger partial charge in [0.1, 0.15) is 22.3 Å². The summed E-state index contributed by atoms with van der Waals surface area (Å²) in [5, 5.41) is 0.203. The summed E-state index contributed by atoms with van der Waals surface area (Å²) in [6.07, 6.45) is -3.42. The Morgan fingerprint density at radius 2 is 1.73 bits per heavy atom. The molecule has 0 aliphatic carbocycles. The number of aromatic amines is 1. The number of carbonyl (C=O) groups is 1. The first kappa shape index (κ1) is 27.4. The van der Waals surface area contributed by atoms with Crippen molar-refractivity contribution in [2.75, 3.05) is 6.54 Å². The molecule has 0 spiro atoms. The van der Waals surface area contributed by atoms with Crippen LogP contribution >= 0.6 is 22.9 Å². The number of alkyl halides is 3. The lowest BCUT2D eigenvalue weighted by molar-refractivity contribution is -0.137. The standard InChI is InChI=1S/C30H23ClF4N4OS/c1-16-4-6-18(7-5-16)26-38-24(25(41-26)17-8-10-19(32)11-9-17)27(40)39-13-3-12-29(39,2)28-36-22-14-20(30(33,34)35)21(31)15-23(22)37-28/h4-11,14-15H,3,12-13H2,1-2H3,(H,36,37)/t29-/m0/s1. The van der Waals surface area contributed by atoms with Gasteiger partial charge in [0.25, 0.3) is 5.91 Å². The molecule has 5 nitrogen and oxygen atoms in total. The summed E-state index contributed by atoms with van der Waals surface area (Å²) in [5.41, 5.74) is 1.38. The maximum absolute atomic E-state index is 14.2. The average molecular weight is 599 g/mol. The third-order valence-corrected chi connectivity index (χ3v) is 8.97. The lowest BCUT2D eigenvalue weighted by atomic mass is 9.97. The van der Waals surface area contributed by atoms with E-state index < -0.39 is 28.1 Å². The number of hydrogen-bond donors (Lipinski definition) is 1. The Balaban J connectivity index is 1.43. The molecule has 6 rings (SSSR count). The molecule has 2 aromatic heterocycles. The van der Waals surface area contributed by atoms with Crippen molar-refractivity contribution in [1.82, 2.24) is 19.9 Å². The van der Waals surface area contributed by atoms with Gasteiger partial charge in [-0.15, -0.1) is 11.3 Å². The fraction of sp³-hybridized carbons (Fsp3) is 0.233. The maximum Gasteiger partial charge on any atom is 0.417 e. The van der Waals surface area contributed by atoms with E-state index in [2.05, 4.69) is 9.97 Å². The van der Waals surface area contributed by atoms with Crippen molar-refractivity contribution in [3.05, 3.63) is 94.1 Å². The molecular weight excluding hydrogens is 576 g/mol. The molecule has 1 aliphatic rings. The largest absolute Gasteiger partial charge is 0.417 e. The molecule has 210 valence electrons. The highest BCUT2D eigenvalue weighted by molar-refractivity contribution is 7.18. The highest BCUT2D eigenvalue weighted by Gasteiger charge is 2.45. The van der Waals surface area contributed by atoms with Crippen LogP contribution in [0.2, 0.25) is 5.02 Å². The number of hydrogen-bond acceptors (Lipinski definition) is 4.